The summed E-state index contributed by atoms with van der Waals surface area (Å²) in [6, 6.07) is 8.33. The summed E-state index contributed by atoms with van der Waals surface area (Å²) in [5.74, 6) is 0. The molecule has 1 aromatic carbocycles. The smallest absolute Gasteiger partial charge is 0.244 e. The number of hydrogen-bond donors (Lipinski definition) is 0. The van der Waals surface area contributed by atoms with Gasteiger partial charge in [0, 0.05) is 11.2 Å². The fourth-order valence-electron chi connectivity index (χ4n) is 0.974. The van der Waals surface area contributed by atoms with E-state index in [-0.39, 0.29) is 0 Å². The van der Waals surface area contributed by atoms with Crippen LogP contribution in [0.1, 0.15) is 0 Å². The molecule has 6 heteroatoms. The molecule has 4 nitrogen and oxygen atoms in total. The summed E-state index contributed by atoms with van der Waals surface area (Å²) in [5, 5.41) is 0. The number of rotatable bonds is 2. The summed E-state index contributed by atoms with van der Waals surface area (Å²) in [7, 11) is -6.41. The summed E-state index contributed by atoms with van der Waals surface area (Å²) in [5.41, 5.74) is 0. The molecule has 1 rings (SSSR count). The Balaban J connectivity index is 3.37. The van der Waals surface area contributed by atoms with Crippen LogP contribution in [0, 0.1) is 0 Å². The molecule has 0 radical (unpaired) electrons. The SMILES string of the molecule is CS(=O)(=O)N=S(C)(=O)c1ccccc1. The van der Waals surface area contributed by atoms with E-state index >= 15 is 0 Å². The van der Waals surface area contributed by atoms with Crippen LogP contribution in [-0.4, -0.2) is 25.1 Å². The van der Waals surface area contributed by atoms with E-state index < -0.39 is 19.8 Å². The van der Waals surface area contributed by atoms with Gasteiger partial charge in [-0.3, -0.25) is 0 Å². The van der Waals surface area contributed by atoms with Crippen molar-refractivity contribution >= 4 is 19.8 Å². The molecule has 0 N–H and O–H groups in total. The van der Waals surface area contributed by atoms with Crippen molar-refractivity contribution in [1.29, 1.82) is 0 Å². The van der Waals surface area contributed by atoms with Crippen molar-refractivity contribution in [3.63, 3.8) is 0 Å². The first-order valence-corrected chi connectivity index (χ1v) is 7.57. The molecule has 0 bridgehead atoms. The molecule has 0 spiro atoms. The molecular formula is C8H11NO3S2. The molecule has 0 saturated heterocycles. The van der Waals surface area contributed by atoms with Crippen LogP contribution in [0.4, 0.5) is 0 Å². The van der Waals surface area contributed by atoms with Crippen LogP contribution in [0.5, 0.6) is 0 Å². The Morgan fingerprint density at radius 1 is 1.00 bits per heavy atom. The predicted molar refractivity (Wildman–Crippen MR) is 56.0 cm³/mol. The fourth-order valence-corrected chi connectivity index (χ4v) is 4.05. The van der Waals surface area contributed by atoms with Gasteiger partial charge in [0.05, 0.1) is 16.0 Å². The van der Waals surface area contributed by atoms with Crippen LogP contribution in [0.3, 0.4) is 0 Å². The van der Waals surface area contributed by atoms with Gasteiger partial charge in [0.1, 0.15) is 0 Å². The van der Waals surface area contributed by atoms with Crippen LogP contribution in [0.2, 0.25) is 0 Å². The number of sulfonamides is 1. The first kappa shape index (κ1) is 11.2. The summed E-state index contributed by atoms with van der Waals surface area (Å²) in [6.45, 7) is 0. The predicted octanol–water partition coefficient (Wildman–Crippen LogP) is 1.10. The monoisotopic (exact) mass is 233 g/mol. The fraction of sp³-hybridized carbons (Fsp3) is 0.250. The maximum Gasteiger partial charge on any atom is 0.258 e. The quantitative estimate of drug-likeness (QED) is 0.768. The van der Waals surface area contributed by atoms with Crippen LogP contribution in [-0.2, 0) is 19.8 Å². The van der Waals surface area contributed by atoms with Crippen molar-refractivity contribution < 1.29 is 12.6 Å². The molecule has 0 aliphatic heterocycles. The van der Waals surface area contributed by atoms with E-state index in [9.17, 15) is 12.6 Å². The molecule has 0 aliphatic carbocycles. The van der Waals surface area contributed by atoms with Gasteiger partial charge in [-0.05, 0) is 12.1 Å². The zero-order chi connectivity index (χ0) is 10.8. The van der Waals surface area contributed by atoms with Crippen LogP contribution in [0.25, 0.3) is 0 Å². The third-order valence-electron chi connectivity index (χ3n) is 1.46. The zero-order valence-electron chi connectivity index (χ0n) is 7.88. The van der Waals surface area contributed by atoms with Gasteiger partial charge in [-0.2, -0.15) is 0 Å². The molecule has 0 aliphatic rings. The summed E-state index contributed by atoms with van der Waals surface area (Å²) >= 11 is 0. The minimum absolute atomic E-state index is 0.422. The minimum Gasteiger partial charge on any atom is -0.244 e. The van der Waals surface area contributed by atoms with Crippen LogP contribution < -0.4 is 0 Å². The van der Waals surface area contributed by atoms with E-state index in [2.05, 4.69) is 3.77 Å². The van der Waals surface area contributed by atoms with E-state index in [4.69, 9.17) is 0 Å². The van der Waals surface area contributed by atoms with Gasteiger partial charge in [0.25, 0.3) is 10.0 Å². The van der Waals surface area contributed by atoms with Crippen molar-refractivity contribution in [2.75, 3.05) is 12.5 Å². The average molecular weight is 233 g/mol. The summed E-state index contributed by atoms with van der Waals surface area (Å²) < 4.78 is 36.9. The third kappa shape index (κ3) is 3.12. The Hall–Kier alpha value is -0.880. The second-order valence-electron chi connectivity index (χ2n) is 2.92. The Kier molecular flexibility index (Phi) is 2.96. The molecule has 1 aromatic rings. The van der Waals surface area contributed by atoms with Crippen molar-refractivity contribution in [1.82, 2.24) is 0 Å². The molecule has 1 atom stereocenters. The standard InChI is InChI=1S/C8H11NO3S2/c1-13(10,9-14(2,11)12)8-6-4-3-5-7-8/h3-7H,1-2H3. The lowest BCUT2D eigenvalue weighted by Crippen LogP contribution is -2.02. The highest BCUT2D eigenvalue weighted by molar-refractivity contribution is 8.02. The van der Waals surface area contributed by atoms with Gasteiger partial charge in [-0.15, -0.1) is 3.77 Å². The highest BCUT2D eigenvalue weighted by atomic mass is 32.3. The van der Waals surface area contributed by atoms with Crippen LogP contribution in [0.15, 0.2) is 39.0 Å². The Morgan fingerprint density at radius 2 is 1.50 bits per heavy atom. The molecule has 78 valence electrons. The molecule has 14 heavy (non-hydrogen) atoms. The van der Waals surface area contributed by atoms with Gasteiger partial charge in [-0.25, -0.2) is 12.6 Å². The van der Waals surface area contributed by atoms with E-state index in [1.165, 1.54) is 6.26 Å². The van der Waals surface area contributed by atoms with Gasteiger partial charge >= 0.3 is 0 Å². The molecule has 0 amide bonds. The lowest BCUT2D eigenvalue weighted by molar-refractivity contribution is 0.603. The second kappa shape index (κ2) is 3.70. The van der Waals surface area contributed by atoms with Crippen molar-refractivity contribution in [2.24, 2.45) is 3.77 Å². The topological polar surface area (TPSA) is 63.6 Å². The maximum atomic E-state index is 11.9. The van der Waals surface area contributed by atoms with E-state index in [1.54, 1.807) is 30.3 Å². The summed E-state index contributed by atoms with van der Waals surface area (Å²) in [4.78, 5) is 0.422. The first-order chi connectivity index (χ1) is 6.31. The van der Waals surface area contributed by atoms with E-state index in [1.807, 2.05) is 0 Å². The molecule has 0 saturated carbocycles. The van der Waals surface area contributed by atoms with E-state index in [0.29, 0.717) is 4.90 Å². The first-order valence-electron chi connectivity index (χ1n) is 3.80. The van der Waals surface area contributed by atoms with Crippen molar-refractivity contribution in [2.45, 2.75) is 4.90 Å². The van der Waals surface area contributed by atoms with Gasteiger partial charge in [-0.1, -0.05) is 18.2 Å². The minimum atomic E-state index is -3.58. The largest absolute Gasteiger partial charge is 0.258 e. The lowest BCUT2D eigenvalue weighted by atomic mass is 10.4. The van der Waals surface area contributed by atoms with Crippen molar-refractivity contribution in [3.05, 3.63) is 30.3 Å². The zero-order valence-corrected chi connectivity index (χ0v) is 9.51. The number of hydrogen-bond acceptors (Lipinski definition) is 3. The Morgan fingerprint density at radius 3 is 1.93 bits per heavy atom. The molecular weight excluding hydrogens is 222 g/mol. The van der Waals surface area contributed by atoms with Crippen molar-refractivity contribution in [3.8, 4) is 0 Å². The maximum absolute atomic E-state index is 11.9. The highest BCUT2D eigenvalue weighted by Crippen LogP contribution is 2.11. The second-order valence-corrected chi connectivity index (χ2v) is 7.06. The third-order valence-corrected chi connectivity index (χ3v) is 4.83. The Labute approximate surface area is 84.2 Å². The van der Waals surface area contributed by atoms with E-state index in [0.717, 1.165) is 6.26 Å². The molecule has 0 aromatic heterocycles. The number of nitrogens with zero attached hydrogens (tertiary/aromatic N) is 1. The molecule has 1 unspecified atom stereocenters. The Bertz CT molecular complexity index is 525. The summed E-state index contributed by atoms with van der Waals surface area (Å²) in [6.07, 6.45) is 2.24. The van der Waals surface area contributed by atoms with Gasteiger partial charge in [0.15, 0.2) is 0 Å². The average Bonchev–Trinajstić information content (AvgIpc) is 2.01. The van der Waals surface area contributed by atoms with Gasteiger partial charge in [0.2, 0.25) is 0 Å². The van der Waals surface area contributed by atoms with Crippen LogP contribution >= 0.6 is 0 Å². The normalized spacial score (nSPS) is 15.9. The molecule has 0 heterocycles. The number of benzene rings is 1. The lowest BCUT2D eigenvalue weighted by Gasteiger charge is -2.01. The highest BCUT2D eigenvalue weighted by Gasteiger charge is 2.08. The molecule has 0 fully saturated rings. The van der Waals surface area contributed by atoms with Gasteiger partial charge < -0.3 is 0 Å².